The van der Waals surface area contributed by atoms with Gasteiger partial charge in [0.2, 0.25) is 5.82 Å². The first-order valence-electron chi connectivity index (χ1n) is 8.94. The molecule has 3 rings (SSSR count). The lowest BCUT2D eigenvalue weighted by Crippen LogP contribution is -2.32. The van der Waals surface area contributed by atoms with Gasteiger partial charge in [0.1, 0.15) is 5.82 Å². The van der Waals surface area contributed by atoms with E-state index in [9.17, 15) is 4.79 Å². The molecule has 8 heteroatoms. The lowest BCUT2D eigenvalue weighted by Gasteiger charge is -2.28. The summed E-state index contributed by atoms with van der Waals surface area (Å²) in [5.74, 6) is 0.831. The van der Waals surface area contributed by atoms with Crippen molar-refractivity contribution < 1.29 is 4.79 Å². The van der Waals surface area contributed by atoms with Crippen LogP contribution in [0, 0.1) is 0 Å². The number of carbonyl (C=O) groups excluding carboxylic acids is 1. The molecule has 25 heavy (non-hydrogen) atoms. The van der Waals surface area contributed by atoms with Crippen LogP contribution < -0.4 is 10.2 Å². The molecule has 2 aromatic heterocycles. The molecule has 0 atom stereocenters. The number of hydrogen-bond donors (Lipinski definition) is 1. The molecule has 1 amide bonds. The first-order chi connectivity index (χ1) is 12.1. The van der Waals surface area contributed by atoms with E-state index in [1.807, 2.05) is 21.1 Å². The highest BCUT2D eigenvalue weighted by Crippen LogP contribution is 2.26. The molecular weight excluding hydrogens is 318 g/mol. The monoisotopic (exact) mass is 345 g/mol. The summed E-state index contributed by atoms with van der Waals surface area (Å²) >= 11 is 0. The van der Waals surface area contributed by atoms with Crippen molar-refractivity contribution in [1.82, 2.24) is 30.0 Å². The Hall–Kier alpha value is -2.22. The third-order valence-corrected chi connectivity index (χ3v) is 4.50. The summed E-state index contributed by atoms with van der Waals surface area (Å²) in [7, 11) is 5.88. The van der Waals surface area contributed by atoms with E-state index in [1.165, 1.54) is 6.42 Å². The average molecular weight is 345 g/mol. The molecule has 1 aliphatic rings. The minimum atomic E-state index is -0.222. The van der Waals surface area contributed by atoms with Gasteiger partial charge >= 0.3 is 0 Å². The van der Waals surface area contributed by atoms with E-state index in [0.29, 0.717) is 12.2 Å². The Balaban J connectivity index is 1.82. The quantitative estimate of drug-likeness (QED) is 0.788. The molecule has 8 nitrogen and oxygen atoms in total. The molecule has 0 radical (unpaired) electrons. The Morgan fingerprint density at radius 3 is 2.72 bits per heavy atom. The highest BCUT2D eigenvalue weighted by atomic mass is 16.2. The number of hydrogen-bond acceptors (Lipinski definition) is 6. The number of rotatable bonds is 6. The molecule has 1 saturated heterocycles. The summed E-state index contributed by atoms with van der Waals surface area (Å²) in [6, 6.07) is 0. The van der Waals surface area contributed by atoms with Crippen LogP contribution in [-0.2, 0) is 7.05 Å². The third-order valence-electron chi connectivity index (χ3n) is 4.50. The van der Waals surface area contributed by atoms with E-state index < -0.39 is 0 Å². The van der Waals surface area contributed by atoms with Crippen molar-refractivity contribution >= 4 is 22.8 Å². The van der Waals surface area contributed by atoms with Crippen LogP contribution in [0.5, 0.6) is 0 Å². The Morgan fingerprint density at radius 2 is 2.00 bits per heavy atom. The summed E-state index contributed by atoms with van der Waals surface area (Å²) in [6.07, 6.45) is 6.23. The van der Waals surface area contributed by atoms with Crippen LogP contribution in [0.3, 0.4) is 0 Å². The zero-order valence-electron chi connectivity index (χ0n) is 15.3. The van der Waals surface area contributed by atoms with Gasteiger partial charge in [0.15, 0.2) is 5.65 Å². The molecule has 2 aromatic rings. The minimum Gasteiger partial charge on any atom is -0.356 e. The fourth-order valence-corrected chi connectivity index (χ4v) is 3.13. The Kier molecular flexibility index (Phi) is 5.47. The van der Waals surface area contributed by atoms with Gasteiger partial charge in [0, 0.05) is 26.7 Å². The van der Waals surface area contributed by atoms with Gasteiger partial charge in [-0.2, -0.15) is 5.10 Å². The molecule has 0 bridgehead atoms. The number of aryl methyl sites for hydroxylation is 1. The van der Waals surface area contributed by atoms with E-state index in [4.69, 9.17) is 0 Å². The maximum Gasteiger partial charge on any atom is 0.289 e. The Morgan fingerprint density at radius 1 is 1.24 bits per heavy atom. The zero-order chi connectivity index (χ0) is 17.8. The van der Waals surface area contributed by atoms with Gasteiger partial charge in [-0.3, -0.25) is 9.48 Å². The molecule has 0 spiro atoms. The topological polar surface area (TPSA) is 79.2 Å². The molecule has 1 aliphatic heterocycles. The number of nitrogens with zero attached hydrogens (tertiary/aromatic N) is 6. The zero-order valence-corrected chi connectivity index (χ0v) is 15.3. The van der Waals surface area contributed by atoms with Crippen LogP contribution in [0.2, 0.25) is 0 Å². The number of aromatic nitrogens is 4. The highest BCUT2D eigenvalue weighted by molar-refractivity contribution is 5.95. The van der Waals surface area contributed by atoms with Gasteiger partial charge in [-0.15, -0.1) is 0 Å². The molecule has 0 saturated carbocycles. The van der Waals surface area contributed by atoms with Crippen molar-refractivity contribution in [2.45, 2.75) is 25.7 Å². The van der Waals surface area contributed by atoms with Crippen molar-refractivity contribution in [3.8, 4) is 0 Å². The molecule has 136 valence electrons. The number of anilines is 1. The lowest BCUT2D eigenvalue weighted by molar-refractivity contribution is 0.0942. The number of fused-ring (bicyclic) bond motifs is 1. The van der Waals surface area contributed by atoms with Crippen molar-refractivity contribution in [2.75, 3.05) is 45.2 Å². The second kappa shape index (κ2) is 7.77. The van der Waals surface area contributed by atoms with Gasteiger partial charge in [-0.1, -0.05) is 0 Å². The van der Waals surface area contributed by atoms with Crippen LogP contribution in [-0.4, -0.2) is 70.8 Å². The van der Waals surface area contributed by atoms with Crippen LogP contribution >= 0.6 is 0 Å². The van der Waals surface area contributed by atoms with E-state index in [2.05, 4.69) is 30.2 Å². The molecule has 1 fully saturated rings. The highest BCUT2D eigenvalue weighted by Gasteiger charge is 2.21. The van der Waals surface area contributed by atoms with Gasteiger partial charge in [0.05, 0.1) is 11.6 Å². The van der Waals surface area contributed by atoms with Crippen molar-refractivity contribution in [2.24, 2.45) is 7.05 Å². The van der Waals surface area contributed by atoms with Gasteiger partial charge in [0.25, 0.3) is 5.91 Å². The van der Waals surface area contributed by atoms with Crippen LogP contribution in [0.15, 0.2) is 6.20 Å². The molecular formula is C17H27N7O. The first-order valence-corrected chi connectivity index (χ1v) is 8.94. The van der Waals surface area contributed by atoms with E-state index in [-0.39, 0.29) is 11.7 Å². The van der Waals surface area contributed by atoms with Gasteiger partial charge < -0.3 is 15.1 Å². The average Bonchev–Trinajstić information content (AvgIpc) is 2.99. The Bertz CT molecular complexity index is 734. The Labute approximate surface area is 148 Å². The first kappa shape index (κ1) is 17.6. The smallest absolute Gasteiger partial charge is 0.289 e. The summed E-state index contributed by atoms with van der Waals surface area (Å²) in [5.41, 5.74) is 0.703. The normalized spacial score (nSPS) is 15.1. The number of nitrogens with one attached hydrogen (secondary N) is 1. The maximum absolute atomic E-state index is 12.5. The van der Waals surface area contributed by atoms with Crippen molar-refractivity contribution in [3.05, 3.63) is 12.0 Å². The number of piperidine rings is 1. The van der Waals surface area contributed by atoms with E-state index in [1.54, 1.807) is 10.9 Å². The van der Waals surface area contributed by atoms with Crippen LogP contribution in [0.1, 0.15) is 36.3 Å². The molecule has 0 aromatic carbocycles. The fraction of sp³-hybridized carbons (Fsp3) is 0.647. The van der Waals surface area contributed by atoms with Gasteiger partial charge in [-0.25, -0.2) is 9.97 Å². The molecule has 0 aliphatic carbocycles. The predicted octanol–water partition coefficient (Wildman–Crippen LogP) is 1.04. The molecule has 0 unspecified atom stereocenters. The predicted molar refractivity (Wildman–Crippen MR) is 97.9 cm³/mol. The van der Waals surface area contributed by atoms with Gasteiger partial charge in [-0.05, 0) is 46.3 Å². The van der Waals surface area contributed by atoms with Crippen LogP contribution in [0.25, 0.3) is 11.0 Å². The van der Waals surface area contributed by atoms with Crippen molar-refractivity contribution in [1.29, 1.82) is 0 Å². The number of amides is 1. The lowest BCUT2D eigenvalue weighted by atomic mass is 10.1. The number of carbonyl (C=O) groups is 1. The fourth-order valence-electron chi connectivity index (χ4n) is 3.13. The molecule has 1 N–H and O–H groups in total. The SMILES string of the molecule is CN(C)CCCNC(=O)c1nc(N2CCCCC2)c2cnn(C)c2n1. The van der Waals surface area contributed by atoms with Crippen molar-refractivity contribution in [3.63, 3.8) is 0 Å². The van der Waals surface area contributed by atoms with Crippen LogP contribution in [0.4, 0.5) is 5.82 Å². The summed E-state index contributed by atoms with van der Waals surface area (Å²) in [5, 5.41) is 8.13. The third kappa shape index (κ3) is 4.07. The maximum atomic E-state index is 12.5. The van der Waals surface area contributed by atoms with E-state index >= 15 is 0 Å². The second-order valence-electron chi connectivity index (χ2n) is 6.84. The molecule has 3 heterocycles. The summed E-state index contributed by atoms with van der Waals surface area (Å²) < 4.78 is 1.70. The summed E-state index contributed by atoms with van der Waals surface area (Å²) in [6.45, 7) is 3.47. The standard InChI is InChI=1S/C17H27N7O/c1-22(2)9-7-8-18-17(25)14-20-15-13(12-19-23(15)3)16(21-14)24-10-5-4-6-11-24/h12H,4-11H2,1-3H3,(H,18,25). The second-order valence-corrected chi connectivity index (χ2v) is 6.84. The van der Waals surface area contributed by atoms with E-state index in [0.717, 1.165) is 50.1 Å². The summed E-state index contributed by atoms with van der Waals surface area (Å²) in [4.78, 5) is 25.9. The largest absolute Gasteiger partial charge is 0.356 e. The minimum absolute atomic E-state index is 0.222.